The molecular formula is C23H27N5O2. The van der Waals surface area contributed by atoms with E-state index >= 15 is 0 Å². The molecule has 3 aromatic rings. The van der Waals surface area contributed by atoms with Crippen LogP contribution in [-0.2, 0) is 0 Å². The minimum atomic E-state index is -0.410. The van der Waals surface area contributed by atoms with Crippen LogP contribution in [0.1, 0.15) is 51.5 Å². The second-order valence-corrected chi connectivity index (χ2v) is 7.82. The molecule has 2 aromatic carbocycles. The fourth-order valence-corrected chi connectivity index (χ4v) is 3.09. The van der Waals surface area contributed by atoms with Crippen LogP contribution >= 0.6 is 0 Å². The monoisotopic (exact) mass is 405 g/mol. The Labute approximate surface area is 176 Å². The van der Waals surface area contributed by atoms with E-state index < -0.39 is 5.91 Å². The molecule has 7 nitrogen and oxygen atoms in total. The van der Waals surface area contributed by atoms with E-state index in [9.17, 15) is 9.59 Å². The molecule has 2 amide bonds. The molecule has 3 rings (SSSR count). The Bertz CT molecular complexity index is 1080. The van der Waals surface area contributed by atoms with Crippen LogP contribution in [-0.4, -0.2) is 33.4 Å². The number of aryl methyl sites for hydroxylation is 3. The van der Waals surface area contributed by atoms with Gasteiger partial charge in [-0.2, -0.15) is 9.90 Å². The zero-order valence-electron chi connectivity index (χ0n) is 18.0. The number of hydrogen-bond donors (Lipinski definition) is 2. The summed E-state index contributed by atoms with van der Waals surface area (Å²) in [6.07, 6.45) is 0. The zero-order valence-corrected chi connectivity index (χ0v) is 18.0. The maximum atomic E-state index is 12.9. The molecule has 30 heavy (non-hydrogen) atoms. The maximum absolute atomic E-state index is 12.9. The van der Waals surface area contributed by atoms with Crippen LogP contribution in [0.15, 0.2) is 42.5 Å². The largest absolute Gasteiger partial charge is 0.352 e. The molecule has 156 valence electrons. The Balaban J connectivity index is 1.84. The Morgan fingerprint density at radius 1 is 1.00 bits per heavy atom. The van der Waals surface area contributed by atoms with Crippen molar-refractivity contribution in [1.29, 1.82) is 0 Å². The van der Waals surface area contributed by atoms with Gasteiger partial charge in [-0.1, -0.05) is 43.7 Å². The van der Waals surface area contributed by atoms with Crippen LogP contribution in [0.2, 0.25) is 0 Å². The van der Waals surface area contributed by atoms with Gasteiger partial charge in [0.15, 0.2) is 5.69 Å². The van der Waals surface area contributed by atoms with Crippen LogP contribution < -0.4 is 10.6 Å². The standard InChI is InChI=1S/C23H27N5O2/c1-14(2)13-24-22(29)18-8-6-7-9-19(18)25-23(30)21-17(5)26-28(27-21)20-11-10-15(3)12-16(20)4/h6-12,14H,13H2,1-5H3,(H,24,29)(H,25,30). The smallest absolute Gasteiger partial charge is 0.278 e. The normalized spacial score (nSPS) is 10.9. The van der Waals surface area contributed by atoms with Crippen molar-refractivity contribution in [3.63, 3.8) is 0 Å². The molecule has 0 radical (unpaired) electrons. The molecule has 0 atom stereocenters. The quantitative estimate of drug-likeness (QED) is 0.652. The highest BCUT2D eigenvalue weighted by molar-refractivity contribution is 6.08. The Kier molecular flexibility index (Phi) is 6.30. The lowest BCUT2D eigenvalue weighted by atomic mass is 10.1. The van der Waals surface area contributed by atoms with Gasteiger partial charge >= 0.3 is 0 Å². The molecule has 0 saturated carbocycles. The van der Waals surface area contributed by atoms with E-state index in [4.69, 9.17) is 0 Å². The van der Waals surface area contributed by atoms with Gasteiger partial charge < -0.3 is 10.6 Å². The summed E-state index contributed by atoms with van der Waals surface area (Å²) in [5.41, 5.74) is 4.54. The minimum Gasteiger partial charge on any atom is -0.352 e. The number of benzene rings is 2. The SMILES string of the molecule is Cc1ccc(-n2nc(C)c(C(=O)Nc3ccccc3C(=O)NCC(C)C)n2)c(C)c1. The third kappa shape index (κ3) is 4.74. The van der Waals surface area contributed by atoms with Gasteiger partial charge in [-0.15, -0.1) is 5.10 Å². The Morgan fingerprint density at radius 2 is 1.73 bits per heavy atom. The highest BCUT2D eigenvalue weighted by atomic mass is 16.2. The lowest BCUT2D eigenvalue weighted by Crippen LogP contribution is -2.28. The van der Waals surface area contributed by atoms with E-state index in [1.807, 2.05) is 45.9 Å². The van der Waals surface area contributed by atoms with Gasteiger partial charge in [-0.3, -0.25) is 9.59 Å². The van der Waals surface area contributed by atoms with Crippen molar-refractivity contribution >= 4 is 17.5 Å². The average molecular weight is 406 g/mol. The predicted octanol–water partition coefficient (Wildman–Crippen LogP) is 3.83. The first-order valence-corrected chi connectivity index (χ1v) is 9.96. The first-order valence-electron chi connectivity index (χ1n) is 9.96. The van der Waals surface area contributed by atoms with Crippen molar-refractivity contribution in [3.05, 3.63) is 70.5 Å². The summed E-state index contributed by atoms with van der Waals surface area (Å²) >= 11 is 0. The first-order chi connectivity index (χ1) is 14.3. The highest BCUT2D eigenvalue weighted by Gasteiger charge is 2.20. The third-order valence-corrected chi connectivity index (χ3v) is 4.66. The van der Waals surface area contributed by atoms with Crippen LogP contribution in [0.5, 0.6) is 0 Å². The second-order valence-electron chi connectivity index (χ2n) is 7.82. The fourth-order valence-electron chi connectivity index (χ4n) is 3.09. The molecule has 7 heteroatoms. The van der Waals surface area contributed by atoms with E-state index in [1.54, 1.807) is 31.2 Å². The number of para-hydroxylation sites is 1. The van der Waals surface area contributed by atoms with E-state index in [-0.39, 0.29) is 11.6 Å². The topological polar surface area (TPSA) is 88.9 Å². The van der Waals surface area contributed by atoms with Crippen LogP contribution in [0.4, 0.5) is 5.69 Å². The zero-order chi connectivity index (χ0) is 21.8. The number of nitrogens with one attached hydrogen (secondary N) is 2. The summed E-state index contributed by atoms with van der Waals surface area (Å²) in [7, 11) is 0. The fraction of sp³-hybridized carbons (Fsp3) is 0.304. The molecule has 2 N–H and O–H groups in total. The minimum absolute atomic E-state index is 0.215. The van der Waals surface area contributed by atoms with E-state index in [0.717, 1.165) is 16.8 Å². The number of carbonyl (C=O) groups is 2. The number of rotatable bonds is 6. The highest BCUT2D eigenvalue weighted by Crippen LogP contribution is 2.18. The predicted molar refractivity (Wildman–Crippen MR) is 117 cm³/mol. The second kappa shape index (κ2) is 8.90. The Hall–Kier alpha value is -3.48. The molecule has 0 unspecified atom stereocenters. The number of amides is 2. The van der Waals surface area contributed by atoms with Crippen molar-refractivity contribution in [2.24, 2.45) is 5.92 Å². The number of aromatic nitrogens is 3. The third-order valence-electron chi connectivity index (χ3n) is 4.66. The van der Waals surface area contributed by atoms with Gasteiger partial charge in [-0.25, -0.2) is 0 Å². The molecule has 0 saturated heterocycles. The maximum Gasteiger partial charge on any atom is 0.278 e. The number of anilines is 1. The summed E-state index contributed by atoms with van der Waals surface area (Å²) in [5.74, 6) is -0.304. The molecule has 0 fully saturated rings. The summed E-state index contributed by atoms with van der Waals surface area (Å²) in [4.78, 5) is 26.9. The molecule has 1 aromatic heterocycles. The van der Waals surface area contributed by atoms with Gasteiger partial charge in [-0.05, 0) is 50.5 Å². The van der Waals surface area contributed by atoms with Crippen molar-refractivity contribution in [1.82, 2.24) is 20.3 Å². The van der Waals surface area contributed by atoms with Crippen molar-refractivity contribution in [3.8, 4) is 5.69 Å². The molecule has 0 spiro atoms. The van der Waals surface area contributed by atoms with Crippen molar-refractivity contribution in [2.75, 3.05) is 11.9 Å². The van der Waals surface area contributed by atoms with Crippen LogP contribution in [0.25, 0.3) is 5.69 Å². The molecule has 0 bridgehead atoms. The molecular weight excluding hydrogens is 378 g/mol. The Morgan fingerprint density at radius 3 is 2.43 bits per heavy atom. The summed E-state index contributed by atoms with van der Waals surface area (Å²) in [6.45, 7) is 10.3. The summed E-state index contributed by atoms with van der Waals surface area (Å²) < 4.78 is 0. The van der Waals surface area contributed by atoms with Gasteiger partial charge in [0.25, 0.3) is 11.8 Å². The number of carbonyl (C=O) groups excluding carboxylic acids is 2. The van der Waals surface area contributed by atoms with E-state index in [0.29, 0.717) is 29.4 Å². The lowest BCUT2D eigenvalue weighted by molar-refractivity contribution is 0.0950. The molecule has 0 aliphatic heterocycles. The van der Waals surface area contributed by atoms with Crippen LogP contribution in [0, 0.1) is 26.7 Å². The summed E-state index contributed by atoms with van der Waals surface area (Å²) in [6, 6.07) is 12.9. The molecule has 0 aliphatic carbocycles. The average Bonchev–Trinajstić information content (AvgIpc) is 3.08. The van der Waals surface area contributed by atoms with Crippen molar-refractivity contribution < 1.29 is 9.59 Å². The molecule has 1 heterocycles. The van der Waals surface area contributed by atoms with Gasteiger partial charge in [0, 0.05) is 6.54 Å². The van der Waals surface area contributed by atoms with Gasteiger partial charge in [0.1, 0.15) is 0 Å². The summed E-state index contributed by atoms with van der Waals surface area (Å²) in [5, 5.41) is 14.5. The first kappa shape index (κ1) is 21.2. The van der Waals surface area contributed by atoms with Crippen molar-refractivity contribution in [2.45, 2.75) is 34.6 Å². The van der Waals surface area contributed by atoms with E-state index in [2.05, 4.69) is 20.8 Å². The van der Waals surface area contributed by atoms with Gasteiger partial charge in [0.2, 0.25) is 0 Å². The van der Waals surface area contributed by atoms with Gasteiger partial charge in [0.05, 0.1) is 22.6 Å². The molecule has 0 aliphatic rings. The number of nitrogens with zero attached hydrogens (tertiary/aromatic N) is 3. The lowest BCUT2D eigenvalue weighted by Gasteiger charge is -2.12. The van der Waals surface area contributed by atoms with Crippen LogP contribution in [0.3, 0.4) is 0 Å². The van der Waals surface area contributed by atoms with E-state index in [1.165, 1.54) is 4.80 Å². The number of hydrogen-bond acceptors (Lipinski definition) is 4.